The van der Waals surface area contributed by atoms with E-state index in [2.05, 4.69) is 22.3 Å². The zero-order valence-corrected chi connectivity index (χ0v) is 12.5. The first-order valence-corrected chi connectivity index (χ1v) is 8.06. The van der Waals surface area contributed by atoms with Gasteiger partial charge in [-0.15, -0.1) is 0 Å². The van der Waals surface area contributed by atoms with Crippen LogP contribution in [0.25, 0.3) is 0 Å². The summed E-state index contributed by atoms with van der Waals surface area (Å²) in [5.74, 6) is 1.01. The number of hydrogen-bond donors (Lipinski definition) is 1. The first kappa shape index (κ1) is 14.0. The molecule has 1 spiro atoms. The minimum Gasteiger partial charge on any atom is -0.370 e. The average Bonchev–Trinajstić information content (AvgIpc) is 3.06. The lowest BCUT2D eigenvalue weighted by atomic mass is 9.83. The summed E-state index contributed by atoms with van der Waals surface area (Å²) >= 11 is 0. The number of hydrogen-bond acceptors (Lipinski definition) is 4. The molecule has 0 bridgehead atoms. The van der Waals surface area contributed by atoms with Crippen molar-refractivity contribution in [1.82, 2.24) is 20.1 Å². The molecule has 1 aromatic heterocycles. The molecular formula is C15H26N4O. The SMILES string of the molecule is CCNCc1ncnn1CC1CCC2(CCCCC2)O1. The summed E-state index contributed by atoms with van der Waals surface area (Å²) in [5, 5.41) is 7.66. The lowest BCUT2D eigenvalue weighted by Crippen LogP contribution is -2.33. The molecule has 1 aliphatic heterocycles. The predicted octanol–water partition coefficient (Wildman–Crippen LogP) is 2.27. The monoisotopic (exact) mass is 278 g/mol. The maximum Gasteiger partial charge on any atom is 0.140 e. The van der Waals surface area contributed by atoms with E-state index in [9.17, 15) is 0 Å². The minimum absolute atomic E-state index is 0.200. The van der Waals surface area contributed by atoms with Crippen LogP contribution in [0.1, 0.15) is 57.7 Å². The van der Waals surface area contributed by atoms with Gasteiger partial charge in [0.2, 0.25) is 0 Å². The molecule has 20 heavy (non-hydrogen) atoms. The molecule has 1 aliphatic carbocycles. The van der Waals surface area contributed by atoms with Crippen LogP contribution in [0.5, 0.6) is 0 Å². The van der Waals surface area contributed by atoms with Gasteiger partial charge in [0.25, 0.3) is 0 Å². The van der Waals surface area contributed by atoms with Crippen molar-refractivity contribution >= 4 is 0 Å². The van der Waals surface area contributed by atoms with Crippen molar-refractivity contribution in [3.8, 4) is 0 Å². The molecule has 1 N–H and O–H groups in total. The van der Waals surface area contributed by atoms with Crippen molar-refractivity contribution in [1.29, 1.82) is 0 Å². The molecule has 3 rings (SSSR count). The summed E-state index contributed by atoms with van der Waals surface area (Å²) in [6.07, 6.45) is 10.9. The number of rotatable bonds is 5. The summed E-state index contributed by atoms with van der Waals surface area (Å²) in [4.78, 5) is 4.33. The van der Waals surface area contributed by atoms with E-state index in [1.807, 2.05) is 4.68 Å². The van der Waals surface area contributed by atoms with Crippen LogP contribution in [0.4, 0.5) is 0 Å². The van der Waals surface area contributed by atoms with Crippen LogP contribution in [0, 0.1) is 0 Å². The maximum absolute atomic E-state index is 6.41. The molecule has 112 valence electrons. The van der Waals surface area contributed by atoms with Gasteiger partial charge in [0.1, 0.15) is 12.2 Å². The molecule has 1 saturated heterocycles. The van der Waals surface area contributed by atoms with Crippen molar-refractivity contribution in [2.24, 2.45) is 0 Å². The first-order valence-electron chi connectivity index (χ1n) is 8.06. The second-order valence-corrected chi connectivity index (χ2v) is 6.16. The van der Waals surface area contributed by atoms with E-state index in [-0.39, 0.29) is 5.60 Å². The number of ether oxygens (including phenoxy) is 1. The van der Waals surface area contributed by atoms with Crippen LogP contribution < -0.4 is 5.32 Å². The summed E-state index contributed by atoms with van der Waals surface area (Å²) in [6, 6.07) is 0. The van der Waals surface area contributed by atoms with Gasteiger partial charge in [0.05, 0.1) is 24.8 Å². The largest absolute Gasteiger partial charge is 0.370 e. The van der Waals surface area contributed by atoms with Crippen molar-refractivity contribution in [3.05, 3.63) is 12.2 Å². The van der Waals surface area contributed by atoms with Gasteiger partial charge < -0.3 is 10.1 Å². The van der Waals surface area contributed by atoms with Crippen LogP contribution in [0.3, 0.4) is 0 Å². The summed E-state index contributed by atoms with van der Waals surface area (Å²) in [7, 11) is 0. The Balaban J connectivity index is 1.57. The highest BCUT2D eigenvalue weighted by molar-refractivity contribution is 4.92. The Morgan fingerprint density at radius 3 is 3.00 bits per heavy atom. The van der Waals surface area contributed by atoms with E-state index in [1.54, 1.807) is 6.33 Å². The van der Waals surface area contributed by atoms with Gasteiger partial charge in [0.15, 0.2) is 0 Å². The first-order chi connectivity index (χ1) is 9.81. The van der Waals surface area contributed by atoms with E-state index in [1.165, 1.54) is 44.9 Å². The predicted molar refractivity (Wildman–Crippen MR) is 77.3 cm³/mol. The van der Waals surface area contributed by atoms with Crippen LogP contribution in [0.2, 0.25) is 0 Å². The molecule has 1 saturated carbocycles. The Kier molecular flexibility index (Phi) is 4.36. The molecule has 2 fully saturated rings. The third-order valence-electron chi connectivity index (χ3n) is 4.71. The van der Waals surface area contributed by atoms with Gasteiger partial charge in [-0.2, -0.15) is 5.10 Å². The average molecular weight is 278 g/mol. The lowest BCUT2D eigenvalue weighted by molar-refractivity contribution is -0.0691. The standard InChI is InChI=1S/C15H26N4O/c1-2-16-10-14-17-12-18-19(14)11-13-6-9-15(20-13)7-4-3-5-8-15/h12-13,16H,2-11H2,1H3. The van der Waals surface area contributed by atoms with Crippen LogP contribution in [-0.4, -0.2) is 33.0 Å². The Morgan fingerprint density at radius 2 is 2.20 bits per heavy atom. The highest BCUT2D eigenvalue weighted by Crippen LogP contribution is 2.42. The molecule has 1 unspecified atom stereocenters. The molecule has 2 aliphatic rings. The second kappa shape index (κ2) is 6.22. The van der Waals surface area contributed by atoms with Crippen LogP contribution in [-0.2, 0) is 17.8 Å². The molecule has 0 aromatic carbocycles. The van der Waals surface area contributed by atoms with E-state index in [0.29, 0.717) is 6.10 Å². The van der Waals surface area contributed by atoms with Gasteiger partial charge in [-0.25, -0.2) is 9.67 Å². The van der Waals surface area contributed by atoms with E-state index >= 15 is 0 Å². The zero-order valence-electron chi connectivity index (χ0n) is 12.5. The fourth-order valence-electron chi connectivity index (χ4n) is 3.60. The maximum atomic E-state index is 6.41. The Morgan fingerprint density at radius 1 is 1.35 bits per heavy atom. The molecule has 1 aromatic rings. The molecule has 5 nitrogen and oxygen atoms in total. The second-order valence-electron chi connectivity index (χ2n) is 6.16. The smallest absolute Gasteiger partial charge is 0.140 e. The summed E-state index contributed by atoms with van der Waals surface area (Å²) in [6.45, 7) is 4.69. The van der Waals surface area contributed by atoms with Crippen LogP contribution >= 0.6 is 0 Å². The third-order valence-corrected chi connectivity index (χ3v) is 4.71. The van der Waals surface area contributed by atoms with Gasteiger partial charge in [-0.05, 0) is 32.2 Å². The fourth-order valence-corrected chi connectivity index (χ4v) is 3.60. The van der Waals surface area contributed by atoms with Gasteiger partial charge >= 0.3 is 0 Å². The molecule has 2 heterocycles. The Bertz CT molecular complexity index is 425. The van der Waals surface area contributed by atoms with Crippen LogP contribution in [0.15, 0.2) is 6.33 Å². The Labute approximate surface area is 121 Å². The molecular weight excluding hydrogens is 252 g/mol. The van der Waals surface area contributed by atoms with Crippen molar-refractivity contribution < 1.29 is 4.74 Å². The quantitative estimate of drug-likeness (QED) is 0.897. The molecule has 0 amide bonds. The van der Waals surface area contributed by atoms with Gasteiger partial charge in [-0.1, -0.05) is 26.2 Å². The highest BCUT2D eigenvalue weighted by atomic mass is 16.5. The molecule has 1 atom stereocenters. The molecule has 5 heteroatoms. The summed E-state index contributed by atoms with van der Waals surface area (Å²) in [5.41, 5.74) is 0.200. The minimum atomic E-state index is 0.200. The zero-order chi connectivity index (χ0) is 13.8. The number of nitrogens with zero attached hydrogens (tertiary/aromatic N) is 3. The normalized spacial score (nSPS) is 25.4. The lowest BCUT2D eigenvalue weighted by Gasteiger charge is -2.33. The summed E-state index contributed by atoms with van der Waals surface area (Å²) < 4.78 is 8.42. The van der Waals surface area contributed by atoms with Crippen molar-refractivity contribution in [2.45, 2.75) is 76.7 Å². The van der Waals surface area contributed by atoms with Crippen molar-refractivity contribution in [3.63, 3.8) is 0 Å². The number of aromatic nitrogens is 3. The van der Waals surface area contributed by atoms with Gasteiger partial charge in [0, 0.05) is 0 Å². The highest BCUT2D eigenvalue weighted by Gasteiger charge is 2.40. The number of nitrogens with one attached hydrogen (secondary N) is 1. The van der Waals surface area contributed by atoms with Gasteiger partial charge in [-0.3, -0.25) is 0 Å². The van der Waals surface area contributed by atoms with E-state index in [4.69, 9.17) is 4.74 Å². The van der Waals surface area contributed by atoms with E-state index in [0.717, 1.165) is 25.5 Å². The van der Waals surface area contributed by atoms with E-state index < -0.39 is 0 Å². The van der Waals surface area contributed by atoms with Crippen molar-refractivity contribution in [2.75, 3.05) is 6.54 Å². The topological polar surface area (TPSA) is 52.0 Å². The third kappa shape index (κ3) is 3.04. The Hall–Kier alpha value is -0.940. The molecule has 0 radical (unpaired) electrons. The fraction of sp³-hybridized carbons (Fsp3) is 0.867.